The summed E-state index contributed by atoms with van der Waals surface area (Å²) in [5.74, 6) is -0.619. The summed E-state index contributed by atoms with van der Waals surface area (Å²) in [5.41, 5.74) is 6.07. The van der Waals surface area contributed by atoms with Crippen molar-refractivity contribution >= 4 is 11.8 Å². The number of aliphatic hydroxyl groups is 1. The Kier molecular flexibility index (Phi) is 5.51. The summed E-state index contributed by atoms with van der Waals surface area (Å²) in [4.78, 5) is 27.6. The van der Waals surface area contributed by atoms with E-state index in [1.807, 2.05) is 6.92 Å². The molecule has 120 valence electrons. The quantitative estimate of drug-likeness (QED) is 0.820. The van der Waals surface area contributed by atoms with Gasteiger partial charge in [-0.25, -0.2) is 0 Å². The molecule has 0 aliphatic carbocycles. The molecule has 0 spiro atoms. The fraction of sp³-hybridized carbons (Fsp3) is 0.500. The van der Waals surface area contributed by atoms with Gasteiger partial charge in [0.05, 0.1) is 6.10 Å². The van der Waals surface area contributed by atoms with Crippen LogP contribution in [0.15, 0.2) is 24.3 Å². The van der Waals surface area contributed by atoms with Gasteiger partial charge in [-0.05, 0) is 24.6 Å². The number of carbonyl (C=O) groups is 2. The van der Waals surface area contributed by atoms with Crippen molar-refractivity contribution in [2.75, 3.05) is 32.7 Å². The number of hydrogen-bond acceptors (Lipinski definition) is 4. The van der Waals surface area contributed by atoms with Crippen molar-refractivity contribution < 1.29 is 14.7 Å². The molecule has 0 saturated carbocycles. The summed E-state index contributed by atoms with van der Waals surface area (Å²) in [5, 5.41) is 9.68. The summed E-state index contributed by atoms with van der Waals surface area (Å²) < 4.78 is 0. The maximum atomic E-state index is 12.5. The van der Waals surface area contributed by atoms with E-state index in [0.717, 1.165) is 19.5 Å². The highest BCUT2D eigenvalue weighted by atomic mass is 16.3. The molecular formula is C16H23N3O3. The van der Waals surface area contributed by atoms with Gasteiger partial charge in [0.2, 0.25) is 5.91 Å². The van der Waals surface area contributed by atoms with Crippen LogP contribution in [0.25, 0.3) is 0 Å². The summed E-state index contributed by atoms with van der Waals surface area (Å²) >= 11 is 0. The molecule has 1 aliphatic rings. The van der Waals surface area contributed by atoms with E-state index in [-0.39, 0.29) is 12.0 Å². The molecule has 0 radical (unpaired) electrons. The molecule has 1 heterocycles. The first-order valence-corrected chi connectivity index (χ1v) is 7.60. The molecule has 6 nitrogen and oxygen atoms in total. The maximum Gasteiger partial charge on any atom is 0.253 e. The van der Waals surface area contributed by atoms with E-state index in [9.17, 15) is 14.7 Å². The van der Waals surface area contributed by atoms with Gasteiger partial charge >= 0.3 is 0 Å². The molecule has 1 atom stereocenters. The summed E-state index contributed by atoms with van der Waals surface area (Å²) in [7, 11) is 0. The Morgan fingerprint density at radius 3 is 2.45 bits per heavy atom. The van der Waals surface area contributed by atoms with Crippen LogP contribution in [0.4, 0.5) is 0 Å². The lowest BCUT2D eigenvalue weighted by molar-refractivity contribution is 0.0523. The molecule has 2 rings (SSSR count). The van der Waals surface area contributed by atoms with Gasteiger partial charge in [0.25, 0.3) is 5.91 Å². The molecule has 0 bridgehead atoms. The van der Waals surface area contributed by atoms with Crippen molar-refractivity contribution in [2.24, 2.45) is 5.73 Å². The number of aliphatic hydroxyl groups excluding tert-OH is 1. The molecule has 1 aromatic carbocycles. The van der Waals surface area contributed by atoms with Crippen LogP contribution in [0.1, 0.15) is 34.1 Å². The van der Waals surface area contributed by atoms with Gasteiger partial charge < -0.3 is 15.7 Å². The molecule has 22 heavy (non-hydrogen) atoms. The predicted octanol–water partition coefficient (Wildman–Crippen LogP) is 0.314. The Balaban J connectivity index is 1.95. The largest absolute Gasteiger partial charge is 0.392 e. The molecule has 0 aromatic heterocycles. The normalized spacial score (nSPS) is 17.3. The zero-order valence-electron chi connectivity index (χ0n) is 12.9. The lowest BCUT2D eigenvalue weighted by Gasteiger charge is -2.35. The zero-order chi connectivity index (χ0) is 16.1. The van der Waals surface area contributed by atoms with Gasteiger partial charge in [-0.1, -0.05) is 13.0 Å². The van der Waals surface area contributed by atoms with Crippen LogP contribution in [0.2, 0.25) is 0 Å². The average molecular weight is 305 g/mol. The summed E-state index contributed by atoms with van der Waals surface area (Å²) in [6, 6.07) is 6.50. The third-order valence-corrected chi connectivity index (χ3v) is 3.99. The number of β-amino-alcohol motifs (C(OH)–C–C–N with tert-alkyl or cyclic N) is 1. The van der Waals surface area contributed by atoms with Crippen molar-refractivity contribution in [3.63, 3.8) is 0 Å². The van der Waals surface area contributed by atoms with Crippen molar-refractivity contribution in [1.29, 1.82) is 0 Å². The van der Waals surface area contributed by atoms with E-state index in [4.69, 9.17) is 5.73 Å². The van der Waals surface area contributed by atoms with E-state index in [1.54, 1.807) is 23.1 Å². The highest BCUT2D eigenvalue weighted by Crippen LogP contribution is 2.11. The number of primary amides is 1. The molecule has 1 unspecified atom stereocenters. The van der Waals surface area contributed by atoms with Crippen LogP contribution in [0.5, 0.6) is 0 Å². The van der Waals surface area contributed by atoms with E-state index in [2.05, 4.69) is 4.90 Å². The first kappa shape index (κ1) is 16.5. The van der Waals surface area contributed by atoms with Crippen LogP contribution in [0, 0.1) is 0 Å². The van der Waals surface area contributed by atoms with E-state index in [1.165, 1.54) is 6.07 Å². The topological polar surface area (TPSA) is 86.9 Å². The van der Waals surface area contributed by atoms with E-state index in [0.29, 0.717) is 30.8 Å². The van der Waals surface area contributed by atoms with E-state index >= 15 is 0 Å². The van der Waals surface area contributed by atoms with Crippen LogP contribution in [-0.2, 0) is 0 Å². The van der Waals surface area contributed by atoms with Crippen molar-refractivity contribution in [3.05, 3.63) is 35.4 Å². The highest BCUT2D eigenvalue weighted by Gasteiger charge is 2.23. The first-order chi connectivity index (χ1) is 10.5. The summed E-state index contributed by atoms with van der Waals surface area (Å²) in [6.07, 6.45) is 0.425. The molecule has 1 aliphatic heterocycles. The molecule has 2 amide bonds. The third kappa shape index (κ3) is 4.05. The molecule has 6 heteroatoms. The number of piperazine rings is 1. The lowest BCUT2D eigenvalue weighted by Crippen LogP contribution is -2.50. The second-order valence-corrected chi connectivity index (χ2v) is 5.60. The standard InChI is InChI=1S/C16H23N3O3/c1-2-14(20)11-18-6-8-19(9-7-18)16(22)13-5-3-4-12(10-13)15(17)21/h3-5,10,14,20H,2,6-9,11H2,1H3,(H2,17,21). The zero-order valence-corrected chi connectivity index (χ0v) is 12.9. The number of benzene rings is 1. The second-order valence-electron chi connectivity index (χ2n) is 5.60. The Morgan fingerprint density at radius 1 is 1.23 bits per heavy atom. The number of rotatable bonds is 5. The van der Waals surface area contributed by atoms with Crippen LogP contribution >= 0.6 is 0 Å². The van der Waals surface area contributed by atoms with Crippen LogP contribution in [-0.4, -0.2) is 65.5 Å². The number of hydrogen-bond donors (Lipinski definition) is 2. The minimum Gasteiger partial charge on any atom is -0.392 e. The summed E-state index contributed by atoms with van der Waals surface area (Å²) in [6.45, 7) is 5.34. The lowest BCUT2D eigenvalue weighted by atomic mass is 10.1. The maximum absolute atomic E-state index is 12.5. The fourth-order valence-corrected chi connectivity index (χ4v) is 2.55. The monoisotopic (exact) mass is 305 g/mol. The van der Waals surface area contributed by atoms with Crippen molar-refractivity contribution in [1.82, 2.24) is 9.80 Å². The molecule has 3 N–H and O–H groups in total. The van der Waals surface area contributed by atoms with Gasteiger partial charge in [-0.3, -0.25) is 14.5 Å². The number of nitrogens with two attached hydrogens (primary N) is 1. The average Bonchev–Trinajstić information content (AvgIpc) is 2.55. The van der Waals surface area contributed by atoms with Crippen molar-refractivity contribution in [3.8, 4) is 0 Å². The fourth-order valence-electron chi connectivity index (χ4n) is 2.55. The minimum atomic E-state index is -0.534. The van der Waals surface area contributed by atoms with Gasteiger partial charge in [-0.2, -0.15) is 0 Å². The highest BCUT2D eigenvalue weighted by molar-refractivity contribution is 5.99. The number of amides is 2. The predicted molar refractivity (Wildman–Crippen MR) is 83.6 cm³/mol. The second kappa shape index (κ2) is 7.38. The molecular weight excluding hydrogens is 282 g/mol. The molecule has 1 aromatic rings. The number of carbonyl (C=O) groups excluding carboxylic acids is 2. The van der Waals surface area contributed by atoms with Crippen molar-refractivity contribution in [2.45, 2.75) is 19.4 Å². The Bertz CT molecular complexity index is 539. The smallest absolute Gasteiger partial charge is 0.253 e. The Labute approximate surface area is 130 Å². The minimum absolute atomic E-state index is 0.0845. The first-order valence-electron chi connectivity index (χ1n) is 7.60. The number of nitrogens with zero attached hydrogens (tertiary/aromatic N) is 2. The SMILES string of the molecule is CCC(O)CN1CCN(C(=O)c2cccc(C(N)=O)c2)CC1. The third-order valence-electron chi connectivity index (χ3n) is 3.99. The van der Waals surface area contributed by atoms with Gasteiger partial charge in [-0.15, -0.1) is 0 Å². The van der Waals surface area contributed by atoms with Gasteiger partial charge in [0.15, 0.2) is 0 Å². The van der Waals surface area contributed by atoms with E-state index < -0.39 is 5.91 Å². The molecule has 1 saturated heterocycles. The Hall–Kier alpha value is -1.92. The van der Waals surface area contributed by atoms with Crippen LogP contribution in [0.3, 0.4) is 0 Å². The molecule has 1 fully saturated rings. The van der Waals surface area contributed by atoms with Crippen LogP contribution < -0.4 is 5.73 Å². The van der Waals surface area contributed by atoms with Gasteiger partial charge in [0.1, 0.15) is 0 Å². The van der Waals surface area contributed by atoms with Gasteiger partial charge in [0, 0.05) is 43.9 Å². The Morgan fingerprint density at radius 2 is 1.86 bits per heavy atom.